The standard InChI is InChI=1S/C22H14Cl2F2N2O4/c1-31-19-9-18(15(25)7-14(19)24)27-17-8-20(16(26)6-13(17)23)32-10-28-21(29)11-4-2-3-5-12(11)22(28)30/h2-9,27H,10H2,1H3. The van der Waals surface area contributed by atoms with Crippen molar-refractivity contribution in [1.82, 2.24) is 4.90 Å². The van der Waals surface area contributed by atoms with Gasteiger partial charge in [0.15, 0.2) is 18.3 Å². The van der Waals surface area contributed by atoms with E-state index in [1.54, 1.807) is 12.1 Å². The van der Waals surface area contributed by atoms with E-state index in [1.165, 1.54) is 31.4 Å². The Balaban J connectivity index is 1.56. The molecule has 10 heteroatoms. The number of anilines is 2. The molecule has 0 spiro atoms. The molecular formula is C22H14Cl2F2N2O4. The Morgan fingerprint density at radius 2 is 1.47 bits per heavy atom. The predicted octanol–water partition coefficient (Wildman–Crippen LogP) is 5.66. The quantitative estimate of drug-likeness (QED) is 0.463. The van der Waals surface area contributed by atoms with Crippen LogP contribution in [-0.2, 0) is 0 Å². The molecule has 4 rings (SSSR count). The van der Waals surface area contributed by atoms with Crippen molar-refractivity contribution in [3.8, 4) is 11.5 Å². The van der Waals surface area contributed by atoms with E-state index in [0.717, 1.165) is 17.0 Å². The molecule has 1 aliphatic heterocycles. The second-order valence-corrected chi connectivity index (χ2v) is 7.53. The molecular weight excluding hydrogens is 465 g/mol. The van der Waals surface area contributed by atoms with Crippen LogP contribution in [0.1, 0.15) is 20.7 Å². The number of carbonyl (C=O) groups is 2. The molecule has 3 aromatic carbocycles. The molecule has 6 nitrogen and oxygen atoms in total. The Bertz CT molecular complexity index is 1220. The highest BCUT2D eigenvalue weighted by molar-refractivity contribution is 6.33. The molecule has 32 heavy (non-hydrogen) atoms. The van der Waals surface area contributed by atoms with Gasteiger partial charge in [0.2, 0.25) is 0 Å². The third-order valence-electron chi connectivity index (χ3n) is 4.76. The molecule has 2 amide bonds. The number of rotatable bonds is 6. The Morgan fingerprint density at radius 1 is 0.875 bits per heavy atom. The number of benzene rings is 3. The lowest BCUT2D eigenvalue weighted by Gasteiger charge is -2.17. The number of hydrogen-bond donors (Lipinski definition) is 1. The number of fused-ring (bicyclic) bond motifs is 1. The van der Waals surface area contributed by atoms with Gasteiger partial charge in [0.05, 0.1) is 39.7 Å². The normalized spacial score (nSPS) is 12.7. The molecule has 0 saturated heterocycles. The van der Waals surface area contributed by atoms with E-state index in [-0.39, 0.29) is 44.0 Å². The molecule has 0 aromatic heterocycles. The van der Waals surface area contributed by atoms with Gasteiger partial charge in [0.1, 0.15) is 11.6 Å². The summed E-state index contributed by atoms with van der Waals surface area (Å²) in [6.45, 7) is -0.520. The largest absolute Gasteiger partial charge is 0.495 e. The fourth-order valence-corrected chi connectivity index (χ4v) is 3.58. The number of nitrogens with zero attached hydrogens (tertiary/aromatic N) is 1. The van der Waals surface area contributed by atoms with Gasteiger partial charge in [-0.3, -0.25) is 9.59 Å². The molecule has 0 unspecified atom stereocenters. The Morgan fingerprint density at radius 3 is 2.09 bits per heavy atom. The van der Waals surface area contributed by atoms with Crippen LogP contribution < -0.4 is 14.8 Å². The molecule has 0 atom stereocenters. The Hall–Kier alpha value is -3.36. The minimum Gasteiger partial charge on any atom is -0.495 e. The first-order chi connectivity index (χ1) is 15.3. The minimum absolute atomic E-state index is 0.0222. The highest BCUT2D eigenvalue weighted by Gasteiger charge is 2.35. The molecule has 1 aliphatic rings. The predicted molar refractivity (Wildman–Crippen MR) is 115 cm³/mol. The zero-order valence-electron chi connectivity index (χ0n) is 16.4. The maximum atomic E-state index is 14.4. The highest BCUT2D eigenvalue weighted by Crippen LogP contribution is 2.36. The van der Waals surface area contributed by atoms with Crippen molar-refractivity contribution in [2.45, 2.75) is 0 Å². The van der Waals surface area contributed by atoms with Crippen LogP contribution in [0.2, 0.25) is 10.0 Å². The lowest BCUT2D eigenvalue weighted by molar-refractivity contribution is 0.0517. The number of methoxy groups -OCH3 is 1. The lowest BCUT2D eigenvalue weighted by Crippen LogP contribution is -2.33. The van der Waals surface area contributed by atoms with Crippen molar-refractivity contribution in [3.05, 3.63) is 81.3 Å². The molecule has 0 radical (unpaired) electrons. The first kappa shape index (κ1) is 21.9. The van der Waals surface area contributed by atoms with E-state index in [9.17, 15) is 18.4 Å². The van der Waals surface area contributed by atoms with Gasteiger partial charge in [-0.05, 0) is 24.3 Å². The van der Waals surface area contributed by atoms with E-state index in [1.807, 2.05) is 0 Å². The average molecular weight is 479 g/mol. The van der Waals surface area contributed by atoms with E-state index in [4.69, 9.17) is 32.7 Å². The molecule has 0 fully saturated rings. The monoisotopic (exact) mass is 478 g/mol. The lowest BCUT2D eigenvalue weighted by atomic mass is 10.1. The van der Waals surface area contributed by atoms with Crippen LogP contribution in [0.4, 0.5) is 20.2 Å². The summed E-state index contributed by atoms with van der Waals surface area (Å²) >= 11 is 12.0. The number of nitrogens with one attached hydrogen (secondary N) is 1. The topological polar surface area (TPSA) is 67.9 Å². The third-order valence-corrected chi connectivity index (χ3v) is 5.37. The second-order valence-electron chi connectivity index (χ2n) is 6.71. The number of imide groups is 1. The maximum absolute atomic E-state index is 14.4. The number of halogens is 4. The summed E-state index contributed by atoms with van der Waals surface area (Å²) in [5.41, 5.74) is 0.583. The molecule has 1 heterocycles. The zero-order chi connectivity index (χ0) is 23.0. The number of amides is 2. The fraction of sp³-hybridized carbons (Fsp3) is 0.0909. The van der Waals surface area contributed by atoms with E-state index >= 15 is 0 Å². The molecule has 0 saturated carbocycles. The molecule has 164 valence electrons. The van der Waals surface area contributed by atoms with Gasteiger partial charge in [-0.15, -0.1) is 0 Å². The van der Waals surface area contributed by atoms with Crippen LogP contribution in [0.15, 0.2) is 48.5 Å². The van der Waals surface area contributed by atoms with Crippen LogP contribution in [0.3, 0.4) is 0 Å². The van der Waals surface area contributed by atoms with Crippen LogP contribution in [0.25, 0.3) is 0 Å². The smallest absolute Gasteiger partial charge is 0.264 e. The summed E-state index contributed by atoms with van der Waals surface area (Å²) in [6, 6.07) is 10.8. The summed E-state index contributed by atoms with van der Waals surface area (Å²) in [5, 5.41) is 2.75. The van der Waals surface area contributed by atoms with Crippen LogP contribution in [-0.4, -0.2) is 30.6 Å². The van der Waals surface area contributed by atoms with E-state index in [2.05, 4.69) is 5.32 Å². The van der Waals surface area contributed by atoms with Gasteiger partial charge in [-0.1, -0.05) is 35.3 Å². The SMILES string of the molecule is COc1cc(Nc2cc(OCN3C(=O)c4ccccc4C3=O)c(F)cc2Cl)c(F)cc1Cl. The van der Waals surface area contributed by atoms with Crippen LogP contribution >= 0.6 is 23.2 Å². The van der Waals surface area contributed by atoms with Crippen molar-refractivity contribution in [2.24, 2.45) is 0 Å². The van der Waals surface area contributed by atoms with Gasteiger partial charge >= 0.3 is 0 Å². The van der Waals surface area contributed by atoms with Crippen LogP contribution in [0.5, 0.6) is 11.5 Å². The van der Waals surface area contributed by atoms with Crippen LogP contribution in [0, 0.1) is 11.6 Å². The fourth-order valence-electron chi connectivity index (χ4n) is 3.15. The molecule has 3 aromatic rings. The number of carbonyl (C=O) groups excluding carboxylic acids is 2. The van der Waals surface area contributed by atoms with Crippen molar-refractivity contribution >= 4 is 46.4 Å². The van der Waals surface area contributed by atoms with E-state index in [0.29, 0.717) is 0 Å². The molecule has 0 bridgehead atoms. The van der Waals surface area contributed by atoms with Crippen molar-refractivity contribution in [2.75, 3.05) is 19.2 Å². The minimum atomic E-state index is -0.827. The second kappa shape index (κ2) is 8.64. The van der Waals surface area contributed by atoms with Gasteiger partial charge in [0.25, 0.3) is 11.8 Å². The van der Waals surface area contributed by atoms with E-state index < -0.39 is 30.2 Å². The number of hydrogen-bond acceptors (Lipinski definition) is 5. The van der Waals surface area contributed by atoms with Gasteiger partial charge in [0, 0.05) is 12.1 Å². The first-order valence-corrected chi connectivity index (χ1v) is 9.93. The maximum Gasteiger partial charge on any atom is 0.264 e. The van der Waals surface area contributed by atoms with Crippen molar-refractivity contribution < 1.29 is 27.8 Å². The molecule has 0 aliphatic carbocycles. The zero-order valence-corrected chi connectivity index (χ0v) is 17.9. The molecule has 1 N–H and O–H groups in total. The summed E-state index contributed by atoms with van der Waals surface area (Å²) < 4.78 is 39.2. The summed E-state index contributed by atoms with van der Waals surface area (Å²) in [5.74, 6) is -2.69. The summed E-state index contributed by atoms with van der Waals surface area (Å²) in [7, 11) is 1.37. The van der Waals surface area contributed by atoms with Gasteiger partial charge < -0.3 is 14.8 Å². The highest BCUT2D eigenvalue weighted by atomic mass is 35.5. The van der Waals surface area contributed by atoms with Gasteiger partial charge in [-0.25, -0.2) is 13.7 Å². The Kier molecular flexibility index (Phi) is 5.90. The first-order valence-electron chi connectivity index (χ1n) is 9.17. The summed E-state index contributed by atoms with van der Waals surface area (Å²) in [4.78, 5) is 25.7. The van der Waals surface area contributed by atoms with Gasteiger partial charge in [-0.2, -0.15) is 0 Å². The number of ether oxygens (including phenoxy) is 2. The third kappa shape index (κ3) is 3.94. The van der Waals surface area contributed by atoms with Crippen molar-refractivity contribution in [3.63, 3.8) is 0 Å². The Labute approximate surface area is 191 Å². The summed E-state index contributed by atoms with van der Waals surface area (Å²) in [6.07, 6.45) is 0. The van der Waals surface area contributed by atoms with Crippen molar-refractivity contribution in [1.29, 1.82) is 0 Å². The average Bonchev–Trinajstić information content (AvgIpc) is 3.01.